The molecular weight excluding hydrogens is 170 g/mol. The summed E-state index contributed by atoms with van der Waals surface area (Å²) in [7, 11) is 0. The third-order valence-electron chi connectivity index (χ3n) is 2.89. The lowest BCUT2D eigenvalue weighted by molar-refractivity contribution is 0.0407. The Kier molecular flexibility index (Phi) is 2.40. The summed E-state index contributed by atoms with van der Waals surface area (Å²) in [5, 5.41) is 9.70. The number of hydrogen-bond acceptors (Lipinski definition) is 3. The Hall–Kier alpha value is -0.770. The maximum absolute atomic E-state index is 11.2. The van der Waals surface area contributed by atoms with E-state index in [-0.39, 0.29) is 18.2 Å². The van der Waals surface area contributed by atoms with Crippen LogP contribution in [0.15, 0.2) is 0 Å². The summed E-state index contributed by atoms with van der Waals surface area (Å²) in [6.45, 7) is 1.11. The van der Waals surface area contributed by atoms with Crippen LogP contribution in [0.3, 0.4) is 0 Å². The molecule has 4 nitrogen and oxygen atoms in total. The van der Waals surface area contributed by atoms with Crippen LogP contribution in [0.5, 0.6) is 0 Å². The van der Waals surface area contributed by atoms with Crippen molar-refractivity contribution < 1.29 is 14.6 Å². The molecule has 0 unspecified atom stereocenters. The Morgan fingerprint density at radius 3 is 2.77 bits per heavy atom. The zero-order valence-corrected chi connectivity index (χ0v) is 7.61. The Morgan fingerprint density at radius 1 is 1.38 bits per heavy atom. The first-order chi connectivity index (χ1) is 6.29. The van der Waals surface area contributed by atoms with Gasteiger partial charge >= 0.3 is 6.09 Å². The molecule has 2 fully saturated rings. The number of rotatable bonds is 1. The number of carbonyl (C=O) groups excluding carboxylic acids is 1. The molecule has 1 N–H and O–H groups in total. The zero-order valence-electron chi connectivity index (χ0n) is 7.61. The van der Waals surface area contributed by atoms with Gasteiger partial charge in [0.2, 0.25) is 0 Å². The van der Waals surface area contributed by atoms with Crippen molar-refractivity contribution in [2.45, 2.75) is 37.8 Å². The van der Waals surface area contributed by atoms with Crippen LogP contribution < -0.4 is 0 Å². The van der Waals surface area contributed by atoms with Crippen LogP contribution in [-0.4, -0.2) is 41.4 Å². The van der Waals surface area contributed by atoms with Crippen molar-refractivity contribution in [2.24, 2.45) is 0 Å². The fraction of sp³-hybridized carbons (Fsp3) is 0.889. The fourth-order valence-electron chi connectivity index (χ4n) is 2.16. The van der Waals surface area contributed by atoms with Gasteiger partial charge in [0.15, 0.2) is 0 Å². The predicted octanol–water partition coefficient (Wildman–Crippen LogP) is 0.742. The molecule has 1 saturated heterocycles. The van der Waals surface area contributed by atoms with Crippen molar-refractivity contribution in [3.63, 3.8) is 0 Å². The SMILES string of the molecule is O=C1OCCN1[C@@H]1CCCC[C@H]1O. The van der Waals surface area contributed by atoms with E-state index < -0.39 is 0 Å². The summed E-state index contributed by atoms with van der Waals surface area (Å²) in [6, 6.07) is 0.00347. The van der Waals surface area contributed by atoms with Crippen LogP contribution in [0.1, 0.15) is 25.7 Å². The second-order valence-electron chi connectivity index (χ2n) is 3.73. The fourth-order valence-corrected chi connectivity index (χ4v) is 2.16. The highest BCUT2D eigenvalue weighted by Gasteiger charge is 2.35. The minimum absolute atomic E-state index is 0.00347. The number of ether oxygens (including phenoxy) is 1. The molecule has 1 aliphatic carbocycles. The van der Waals surface area contributed by atoms with E-state index in [1.54, 1.807) is 4.90 Å². The summed E-state index contributed by atoms with van der Waals surface area (Å²) < 4.78 is 4.84. The van der Waals surface area contributed by atoms with Gasteiger partial charge in [-0.05, 0) is 12.8 Å². The van der Waals surface area contributed by atoms with Crippen LogP contribution in [-0.2, 0) is 4.74 Å². The number of carbonyl (C=O) groups is 1. The zero-order chi connectivity index (χ0) is 9.26. The molecule has 1 saturated carbocycles. The predicted molar refractivity (Wildman–Crippen MR) is 46.3 cm³/mol. The van der Waals surface area contributed by atoms with Gasteiger partial charge in [-0.1, -0.05) is 12.8 Å². The first kappa shape index (κ1) is 8.81. The molecule has 74 valence electrons. The summed E-state index contributed by atoms with van der Waals surface area (Å²) in [6.07, 6.45) is 3.29. The van der Waals surface area contributed by atoms with Gasteiger partial charge in [-0.25, -0.2) is 4.79 Å². The van der Waals surface area contributed by atoms with E-state index >= 15 is 0 Å². The van der Waals surface area contributed by atoms with Crippen molar-refractivity contribution >= 4 is 6.09 Å². The molecular formula is C9H15NO3. The summed E-state index contributed by atoms with van der Waals surface area (Å²) >= 11 is 0. The molecule has 2 rings (SSSR count). The number of hydrogen-bond donors (Lipinski definition) is 1. The molecule has 2 aliphatic rings. The van der Waals surface area contributed by atoms with E-state index in [2.05, 4.69) is 0 Å². The maximum Gasteiger partial charge on any atom is 0.410 e. The van der Waals surface area contributed by atoms with Crippen molar-refractivity contribution in [3.05, 3.63) is 0 Å². The quantitative estimate of drug-likeness (QED) is 0.655. The summed E-state index contributed by atoms with van der Waals surface area (Å²) in [4.78, 5) is 12.9. The van der Waals surface area contributed by atoms with Crippen molar-refractivity contribution in [3.8, 4) is 0 Å². The Balaban J connectivity index is 2.01. The van der Waals surface area contributed by atoms with E-state index in [0.717, 1.165) is 25.7 Å². The molecule has 0 spiro atoms. The Morgan fingerprint density at radius 2 is 2.15 bits per heavy atom. The normalized spacial score (nSPS) is 34.8. The number of cyclic esters (lactones) is 1. The van der Waals surface area contributed by atoms with Crippen molar-refractivity contribution in [1.29, 1.82) is 0 Å². The highest BCUT2D eigenvalue weighted by Crippen LogP contribution is 2.25. The largest absolute Gasteiger partial charge is 0.448 e. The Labute approximate surface area is 77.5 Å². The van der Waals surface area contributed by atoms with Crippen molar-refractivity contribution in [1.82, 2.24) is 4.90 Å². The molecule has 1 amide bonds. The van der Waals surface area contributed by atoms with Gasteiger partial charge in [0, 0.05) is 0 Å². The molecule has 0 radical (unpaired) electrons. The van der Waals surface area contributed by atoms with E-state index in [9.17, 15) is 9.90 Å². The van der Waals surface area contributed by atoms with Gasteiger partial charge in [0.05, 0.1) is 18.7 Å². The average Bonchev–Trinajstić information content (AvgIpc) is 2.52. The van der Waals surface area contributed by atoms with E-state index in [1.165, 1.54) is 0 Å². The molecule has 0 bridgehead atoms. The number of amides is 1. The molecule has 0 aromatic rings. The van der Waals surface area contributed by atoms with Crippen molar-refractivity contribution in [2.75, 3.05) is 13.2 Å². The van der Waals surface area contributed by atoms with Crippen LogP contribution in [0.4, 0.5) is 4.79 Å². The second-order valence-corrected chi connectivity index (χ2v) is 3.73. The topological polar surface area (TPSA) is 49.8 Å². The lowest BCUT2D eigenvalue weighted by atomic mass is 9.92. The van der Waals surface area contributed by atoms with Crippen LogP contribution in [0, 0.1) is 0 Å². The monoisotopic (exact) mass is 185 g/mol. The standard InChI is InChI=1S/C9H15NO3/c11-8-4-2-1-3-7(8)10-5-6-13-9(10)12/h7-8,11H,1-6H2/t7-,8-/m1/s1. The van der Waals surface area contributed by atoms with E-state index in [1.807, 2.05) is 0 Å². The average molecular weight is 185 g/mol. The highest BCUT2D eigenvalue weighted by atomic mass is 16.6. The lowest BCUT2D eigenvalue weighted by Crippen LogP contribution is -2.45. The second kappa shape index (κ2) is 3.54. The first-order valence-electron chi connectivity index (χ1n) is 4.90. The van der Waals surface area contributed by atoms with Gasteiger partial charge < -0.3 is 9.84 Å². The van der Waals surface area contributed by atoms with Gasteiger partial charge in [0.1, 0.15) is 6.61 Å². The molecule has 13 heavy (non-hydrogen) atoms. The first-order valence-corrected chi connectivity index (χ1v) is 4.90. The van der Waals surface area contributed by atoms with E-state index in [0.29, 0.717) is 13.2 Å². The number of nitrogens with zero attached hydrogens (tertiary/aromatic N) is 1. The van der Waals surface area contributed by atoms with Gasteiger partial charge in [-0.2, -0.15) is 0 Å². The molecule has 0 aromatic heterocycles. The minimum atomic E-state index is -0.348. The molecule has 4 heteroatoms. The number of aliphatic hydroxyl groups excluding tert-OH is 1. The van der Waals surface area contributed by atoms with Gasteiger partial charge in [0.25, 0.3) is 0 Å². The third-order valence-corrected chi connectivity index (χ3v) is 2.89. The van der Waals surface area contributed by atoms with Crippen LogP contribution in [0.2, 0.25) is 0 Å². The van der Waals surface area contributed by atoms with Gasteiger partial charge in [-0.15, -0.1) is 0 Å². The molecule has 0 aromatic carbocycles. The molecule has 2 atom stereocenters. The summed E-state index contributed by atoms with van der Waals surface area (Å²) in [5.74, 6) is 0. The third kappa shape index (κ3) is 1.63. The van der Waals surface area contributed by atoms with Crippen LogP contribution in [0.25, 0.3) is 0 Å². The minimum Gasteiger partial charge on any atom is -0.448 e. The lowest BCUT2D eigenvalue weighted by Gasteiger charge is -2.33. The Bertz CT molecular complexity index is 207. The van der Waals surface area contributed by atoms with E-state index in [4.69, 9.17) is 4.74 Å². The molecule has 1 heterocycles. The highest BCUT2D eigenvalue weighted by molar-refractivity contribution is 5.69. The maximum atomic E-state index is 11.2. The summed E-state index contributed by atoms with van der Waals surface area (Å²) in [5.41, 5.74) is 0. The smallest absolute Gasteiger partial charge is 0.410 e. The van der Waals surface area contributed by atoms with Crippen LogP contribution >= 0.6 is 0 Å². The number of aliphatic hydroxyl groups is 1. The van der Waals surface area contributed by atoms with Gasteiger partial charge in [-0.3, -0.25) is 4.90 Å². The molecule has 1 aliphatic heterocycles.